The molecular formula is C16H17N5O3. The lowest BCUT2D eigenvalue weighted by Crippen LogP contribution is -2.34. The fourth-order valence-corrected chi connectivity index (χ4v) is 1.96. The summed E-state index contributed by atoms with van der Waals surface area (Å²) in [6.45, 7) is 4.51. The number of aromatic nitrogens is 2. The molecule has 0 aliphatic heterocycles. The van der Waals surface area contributed by atoms with E-state index in [1.165, 1.54) is 6.07 Å². The van der Waals surface area contributed by atoms with Gasteiger partial charge in [0.2, 0.25) is 0 Å². The van der Waals surface area contributed by atoms with E-state index in [-0.39, 0.29) is 5.56 Å². The number of ether oxygens (including phenoxy) is 1. The molecule has 1 amide bonds. The van der Waals surface area contributed by atoms with Crippen molar-refractivity contribution < 1.29 is 9.53 Å². The first-order valence-corrected chi connectivity index (χ1v) is 7.24. The molecule has 0 aliphatic rings. The van der Waals surface area contributed by atoms with Gasteiger partial charge >= 0.3 is 0 Å². The molecule has 0 bridgehead atoms. The molecule has 2 aromatic rings. The SMILES string of the molecule is CC(C)COc1ccc(-c2cc(C(=O)NN)c(=O)[nH]n2)cc1C#N. The summed E-state index contributed by atoms with van der Waals surface area (Å²) in [7, 11) is 0. The Morgan fingerprint density at radius 2 is 2.21 bits per heavy atom. The summed E-state index contributed by atoms with van der Waals surface area (Å²) in [6.07, 6.45) is 0. The number of hydrazine groups is 1. The third-order valence-electron chi connectivity index (χ3n) is 3.15. The van der Waals surface area contributed by atoms with Crippen LogP contribution in [-0.4, -0.2) is 22.7 Å². The van der Waals surface area contributed by atoms with Crippen LogP contribution in [0, 0.1) is 17.2 Å². The number of nitrogens with two attached hydrogens (primary N) is 1. The molecule has 0 radical (unpaired) electrons. The first-order valence-electron chi connectivity index (χ1n) is 7.24. The zero-order valence-electron chi connectivity index (χ0n) is 13.3. The highest BCUT2D eigenvalue weighted by Gasteiger charge is 2.13. The standard InChI is InChI=1S/C16H17N5O3/c1-9(2)8-24-14-4-3-10(5-11(14)7-17)13-6-12(15(22)19-18)16(23)21-20-13/h3-6,9H,8,18H2,1-2H3,(H,19,22)(H,21,23). The summed E-state index contributed by atoms with van der Waals surface area (Å²) in [5, 5.41) is 15.4. The van der Waals surface area contributed by atoms with Gasteiger partial charge in [0.05, 0.1) is 17.9 Å². The van der Waals surface area contributed by atoms with Crippen molar-refractivity contribution in [3.05, 3.63) is 45.7 Å². The van der Waals surface area contributed by atoms with Gasteiger partial charge in [0.1, 0.15) is 17.4 Å². The summed E-state index contributed by atoms with van der Waals surface area (Å²) < 4.78 is 5.60. The number of nitrogens with one attached hydrogen (secondary N) is 2. The monoisotopic (exact) mass is 327 g/mol. The molecule has 1 aromatic heterocycles. The highest BCUT2D eigenvalue weighted by Crippen LogP contribution is 2.25. The number of nitrogen functional groups attached to an aromatic ring is 1. The Kier molecular flexibility index (Phi) is 5.29. The highest BCUT2D eigenvalue weighted by atomic mass is 16.5. The van der Waals surface area contributed by atoms with Crippen LogP contribution in [0.3, 0.4) is 0 Å². The van der Waals surface area contributed by atoms with Crippen LogP contribution in [0.15, 0.2) is 29.1 Å². The van der Waals surface area contributed by atoms with Gasteiger partial charge in [-0.3, -0.25) is 15.0 Å². The van der Waals surface area contributed by atoms with E-state index in [1.54, 1.807) is 18.2 Å². The van der Waals surface area contributed by atoms with Crippen molar-refractivity contribution in [2.24, 2.45) is 11.8 Å². The van der Waals surface area contributed by atoms with Gasteiger partial charge in [0.15, 0.2) is 0 Å². The van der Waals surface area contributed by atoms with Crippen LogP contribution in [0.25, 0.3) is 11.3 Å². The van der Waals surface area contributed by atoms with E-state index in [1.807, 2.05) is 19.3 Å². The predicted octanol–water partition coefficient (Wildman–Crippen LogP) is 0.947. The molecular weight excluding hydrogens is 310 g/mol. The molecule has 124 valence electrons. The van der Waals surface area contributed by atoms with Crippen LogP contribution in [0.5, 0.6) is 5.75 Å². The molecule has 8 nitrogen and oxygen atoms in total. The van der Waals surface area contributed by atoms with Crippen LogP contribution in [0.4, 0.5) is 0 Å². The van der Waals surface area contributed by atoms with Crippen molar-refractivity contribution >= 4 is 5.91 Å². The normalized spacial score (nSPS) is 10.3. The first kappa shape index (κ1) is 17.2. The lowest BCUT2D eigenvalue weighted by molar-refractivity contribution is 0.0952. The van der Waals surface area contributed by atoms with E-state index in [4.69, 9.17) is 10.6 Å². The highest BCUT2D eigenvalue weighted by molar-refractivity contribution is 5.94. The number of amides is 1. The smallest absolute Gasteiger partial charge is 0.277 e. The lowest BCUT2D eigenvalue weighted by Gasteiger charge is -2.11. The molecule has 0 spiro atoms. The fourth-order valence-electron chi connectivity index (χ4n) is 1.96. The van der Waals surface area contributed by atoms with Gasteiger partial charge in [0, 0.05) is 5.56 Å². The summed E-state index contributed by atoms with van der Waals surface area (Å²) in [6, 6.07) is 8.32. The lowest BCUT2D eigenvalue weighted by atomic mass is 10.1. The Bertz CT molecular complexity index is 852. The second-order valence-corrected chi connectivity index (χ2v) is 5.50. The van der Waals surface area contributed by atoms with Crippen LogP contribution in [-0.2, 0) is 0 Å². The Morgan fingerprint density at radius 1 is 1.46 bits per heavy atom. The number of nitriles is 1. The molecule has 4 N–H and O–H groups in total. The molecule has 0 aliphatic carbocycles. The fraction of sp³-hybridized carbons (Fsp3) is 0.250. The molecule has 2 rings (SSSR count). The number of aromatic amines is 1. The average molecular weight is 327 g/mol. The molecule has 24 heavy (non-hydrogen) atoms. The van der Waals surface area contributed by atoms with Crippen molar-refractivity contribution in [1.29, 1.82) is 5.26 Å². The second-order valence-electron chi connectivity index (χ2n) is 5.50. The minimum Gasteiger partial charge on any atom is -0.492 e. The zero-order chi connectivity index (χ0) is 17.7. The van der Waals surface area contributed by atoms with Gasteiger partial charge < -0.3 is 4.74 Å². The molecule has 0 atom stereocenters. The van der Waals surface area contributed by atoms with Crippen LogP contribution in [0.2, 0.25) is 0 Å². The number of carbonyl (C=O) groups excluding carboxylic acids is 1. The van der Waals surface area contributed by atoms with Crippen molar-refractivity contribution in [2.75, 3.05) is 6.61 Å². The number of nitrogens with zero attached hydrogens (tertiary/aromatic N) is 2. The van der Waals surface area contributed by atoms with Crippen LogP contribution in [0.1, 0.15) is 29.8 Å². The van der Waals surface area contributed by atoms with Gasteiger partial charge in [-0.25, -0.2) is 10.9 Å². The summed E-state index contributed by atoms with van der Waals surface area (Å²) in [4.78, 5) is 23.2. The van der Waals surface area contributed by atoms with Crippen molar-refractivity contribution in [3.63, 3.8) is 0 Å². The van der Waals surface area contributed by atoms with Gasteiger partial charge in [-0.05, 0) is 30.2 Å². The molecule has 0 fully saturated rings. The first-order chi connectivity index (χ1) is 11.5. The van der Waals surface area contributed by atoms with E-state index >= 15 is 0 Å². The number of rotatable bonds is 5. The Hall–Kier alpha value is -3.18. The van der Waals surface area contributed by atoms with Gasteiger partial charge in [-0.15, -0.1) is 0 Å². The summed E-state index contributed by atoms with van der Waals surface area (Å²) in [5.74, 6) is 5.13. The summed E-state index contributed by atoms with van der Waals surface area (Å²) >= 11 is 0. The Morgan fingerprint density at radius 3 is 2.83 bits per heavy atom. The van der Waals surface area contributed by atoms with Gasteiger partial charge in [-0.1, -0.05) is 13.8 Å². The average Bonchev–Trinajstić information content (AvgIpc) is 2.59. The molecule has 0 saturated heterocycles. The third-order valence-corrected chi connectivity index (χ3v) is 3.15. The zero-order valence-corrected chi connectivity index (χ0v) is 13.3. The number of carbonyl (C=O) groups is 1. The molecule has 1 heterocycles. The van der Waals surface area contributed by atoms with Crippen molar-refractivity contribution in [2.45, 2.75) is 13.8 Å². The summed E-state index contributed by atoms with van der Waals surface area (Å²) in [5.41, 5.74) is 2.31. The van der Waals surface area contributed by atoms with E-state index < -0.39 is 11.5 Å². The van der Waals surface area contributed by atoms with Crippen LogP contribution >= 0.6 is 0 Å². The molecule has 0 unspecified atom stereocenters. The Balaban J connectivity index is 2.41. The maximum absolute atomic E-state index is 11.6. The molecule has 0 saturated carbocycles. The number of hydrogen-bond donors (Lipinski definition) is 3. The number of H-pyrrole nitrogens is 1. The van der Waals surface area contributed by atoms with E-state index in [0.29, 0.717) is 35.1 Å². The van der Waals surface area contributed by atoms with E-state index in [0.717, 1.165) is 0 Å². The number of hydrogen-bond acceptors (Lipinski definition) is 6. The maximum atomic E-state index is 11.6. The molecule has 8 heteroatoms. The quantitative estimate of drug-likeness (QED) is 0.425. The minimum atomic E-state index is -0.725. The van der Waals surface area contributed by atoms with Gasteiger partial charge in [0.25, 0.3) is 11.5 Å². The molecule has 1 aromatic carbocycles. The van der Waals surface area contributed by atoms with Gasteiger partial charge in [-0.2, -0.15) is 10.4 Å². The largest absolute Gasteiger partial charge is 0.492 e. The number of benzene rings is 1. The maximum Gasteiger partial charge on any atom is 0.277 e. The van der Waals surface area contributed by atoms with Crippen molar-refractivity contribution in [3.8, 4) is 23.1 Å². The van der Waals surface area contributed by atoms with E-state index in [9.17, 15) is 14.9 Å². The second kappa shape index (κ2) is 7.39. The topological polar surface area (TPSA) is 134 Å². The minimum absolute atomic E-state index is 0.166. The Labute approximate surface area is 138 Å². The third kappa shape index (κ3) is 3.77. The van der Waals surface area contributed by atoms with E-state index in [2.05, 4.69) is 16.3 Å². The predicted molar refractivity (Wildman–Crippen MR) is 87.0 cm³/mol. The van der Waals surface area contributed by atoms with Crippen LogP contribution < -0.4 is 21.6 Å². The van der Waals surface area contributed by atoms with Crippen molar-refractivity contribution in [1.82, 2.24) is 15.6 Å².